The van der Waals surface area contributed by atoms with Gasteiger partial charge < -0.3 is 14.8 Å². The summed E-state index contributed by atoms with van der Waals surface area (Å²) in [7, 11) is 1.74. The van der Waals surface area contributed by atoms with Crippen LogP contribution >= 0.6 is 0 Å². The Bertz CT molecular complexity index is 448. The van der Waals surface area contributed by atoms with Gasteiger partial charge in [0.25, 0.3) is 0 Å². The highest BCUT2D eigenvalue weighted by Crippen LogP contribution is 2.40. The molecule has 3 rings (SSSR count). The number of anilines is 1. The maximum absolute atomic E-state index is 6.01. The van der Waals surface area contributed by atoms with Gasteiger partial charge in [-0.15, -0.1) is 0 Å². The second-order valence-electron chi connectivity index (χ2n) is 6.48. The molecule has 1 aromatic carbocycles. The number of hydrogen-bond acceptors (Lipinski definition) is 3. The minimum Gasteiger partial charge on any atom is -0.497 e. The lowest BCUT2D eigenvalue weighted by Crippen LogP contribution is -2.37. The van der Waals surface area contributed by atoms with Gasteiger partial charge in [-0.2, -0.15) is 0 Å². The molecule has 3 nitrogen and oxygen atoms in total. The lowest BCUT2D eigenvalue weighted by atomic mass is 9.80. The number of methoxy groups -OCH3 is 1. The van der Waals surface area contributed by atoms with Crippen molar-refractivity contribution in [2.45, 2.75) is 63.5 Å². The Morgan fingerprint density at radius 3 is 2.67 bits per heavy atom. The number of ether oxygens (including phenoxy) is 2. The van der Waals surface area contributed by atoms with Crippen molar-refractivity contribution < 1.29 is 9.47 Å². The molecule has 2 aliphatic rings. The molecular weight excluding hydrogens is 262 g/mol. The maximum atomic E-state index is 6.01. The van der Waals surface area contributed by atoms with E-state index in [2.05, 4.69) is 30.4 Å². The average molecular weight is 289 g/mol. The first kappa shape index (κ1) is 14.7. The molecule has 0 aromatic heterocycles. The van der Waals surface area contributed by atoms with Crippen molar-refractivity contribution >= 4 is 5.69 Å². The molecular formula is C18H27NO2. The summed E-state index contributed by atoms with van der Waals surface area (Å²) in [5, 5.41) is 3.70. The van der Waals surface area contributed by atoms with E-state index >= 15 is 0 Å². The first-order valence-corrected chi connectivity index (χ1v) is 8.31. The molecule has 0 unspecified atom stereocenters. The number of rotatable bonds is 4. The van der Waals surface area contributed by atoms with E-state index in [4.69, 9.17) is 9.47 Å². The molecule has 1 heterocycles. The Morgan fingerprint density at radius 1 is 1.24 bits per heavy atom. The van der Waals surface area contributed by atoms with Crippen LogP contribution in [-0.2, 0) is 11.2 Å². The monoisotopic (exact) mass is 289 g/mol. The van der Waals surface area contributed by atoms with Gasteiger partial charge in [0.05, 0.1) is 12.7 Å². The largest absolute Gasteiger partial charge is 0.497 e. The summed E-state index contributed by atoms with van der Waals surface area (Å²) < 4.78 is 11.4. The molecule has 1 aromatic rings. The fraction of sp³-hybridized carbons (Fsp3) is 0.667. The first-order chi connectivity index (χ1) is 10.2. The standard InChI is InChI=1S/C18H27NO2/c1-3-14-11-16(13-17(12-14)20-2)19-15-5-8-18(9-6-15)7-4-10-21-18/h11-13,15,19H,3-10H2,1-2H3. The smallest absolute Gasteiger partial charge is 0.121 e. The van der Waals surface area contributed by atoms with Crippen molar-refractivity contribution in [1.82, 2.24) is 0 Å². The number of benzene rings is 1. The van der Waals surface area contributed by atoms with Crippen molar-refractivity contribution in [3.05, 3.63) is 23.8 Å². The van der Waals surface area contributed by atoms with E-state index in [-0.39, 0.29) is 5.60 Å². The third-order valence-corrected chi connectivity index (χ3v) is 5.06. The zero-order valence-corrected chi connectivity index (χ0v) is 13.3. The zero-order chi connectivity index (χ0) is 14.7. The summed E-state index contributed by atoms with van der Waals surface area (Å²) in [6, 6.07) is 7.04. The SMILES string of the molecule is CCc1cc(NC2CCC3(CCCO3)CC2)cc(OC)c1. The second kappa shape index (κ2) is 6.27. The molecule has 1 aliphatic carbocycles. The van der Waals surface area contributed by atoms with Crippen molar-refractivity contribution in [3.63, 3.8) is 0 Å². The van der Waals surface area contributed by atoms with Crippen molar-refractivity contribution in [1.29, 1.82) is 0 Å². The molecule has 0 atom stereocenters. The van der Waals surface area contributed by atoms with Crippen LogP contribution in [0.2, 0.25) is 0 Å². The molecule has 1 saturated carbocycles. The van der Waals surface area contributed by atoms with Gasteiger partial charge in [0.2, 0.25) is 0 Å². The predicted octanol–water partition coefficient (Wildman–Crippen LogP) is 4.16. The molecule has 0 radical (unpaired) electrons. The van der Waals surface area contributed by atoms with Crippen LogP contribution in [0, 0.1) is 0 Å². The van der Waals surface area contributed by atoms with Crippen molar-refractivity contribution in [2.24, 2.45) is 0 Å². The van der Waals surface area contributed by atoms with E-state index < -0.39 is 0 Å². The maximum Gasteiger partial charge on any atom is 0.121 e. The third-order valence-electron chi connectivity index (χ3n) is 5.06. The van der Waals surface area contributed by atoms with Gasteiger partial charge in [-0.05, 0) is 62.6 Å². The fourth-order valence-corrected chi connectivity index (χ4v) is 3.74. The van der Waals surface area contributed by atoms with Gasteiger partial charge >= 0.3 is 0 Å². The van der Waals surface area contributed by atoms with Crippen LogP contribution in [0.3, 0.4) is 0 Å². The molecule has 2 fully saturated rings. The zero-order valence-electron chi connectivity index (χ0n) is 13.3. The lowest BCUT2D eigenvalue weighted by molar-refractivity contribution is -0.0263. The minimum atomic E-state index is 0.223. The van der Waals surface area contributed by atoms with Gasteiger partial charge in [0.1, 0.15) is 5.75 Å². The van der Waals surface area contributed by atoms with Gasteiger partial charge in [0.15, 0.2) is 0 Å². The van der Waals surface area contributed by atoms with Crippen LogP contribution in [0.25, 0.3) is 0 Å². The van der Waals surface area contributed by atoms with E-state index in [0.29, 0.717) is 6.04 Å². The van der Waals surface area contributed by atoms with Crippen LogP contribution in [0.15, 0.2) is 18.2 Å². The highest BCUT2D eigenvalue weighted by Gasteiger charge is 2.38. The van der Waals surface area contributed by atoms with Crippen molar-refractivity contribution in [2.75, 3.05) is 19.0 Å². The Labute approximate surface area is 128 Å². The third kappa shape index (κ3) is 3.34. The molecule has 1 aliphatic heterocycles. The summed E-state index contributed by atoms with van der Waals surface area (Å²) in [4.78, 5) is 0. The van der Waals surface area contributed by atoms with E-state index in [1.807, 2.05) is 0 Å². The lowest BCUT2D eigenvalue weighted by Gasteiger charge is -2.37. The first-order valence-electron chi connectivity index (χ1n) is 8.31. The van der Waals surface area contributed by atoms with Gasteiger partial charge in [-0.3, -0.25) is 0 Å². The molecule has 1 spiro atoms. The van der Waals surface area contributed by atoms with Crippen LogP contribution in [0.4, 0.5) is 5.69 Å². The number of aryl methyl sites for hydroxylation is 1. The summed E-state index contributed by atoms with van der Waals surface area (Å²) >= 11 is 0. The van der Waals surface area contributed by atoms with Crippen LogP contribution in [0.5, 0.6) is 5.75 Å². The molecule has 1 N–H and O–H groups in total. The molecule has 0 amide bonds. The molecule has 116 valence electrons. The highest BCUT2D eigenvalue weighted by atomic mass is 16.5. The highest BCUT2D eigenvalue weighted by molar-refractivity contribution is 5.52. The van der Waals surface area contributed by atoms with Gasteiger partial charge in [-0.1, -0.05) is 6.92 Å². The van der Waals surface area contributed by atoms with Gasteiger partial charge in [0, 0.05) is 24.4 Å². The van der Waals surface area contributed by atoms with E-state index in [1.54, 1.807) is 7.11 Å². The molecule has 0 bridgehead atoms. The topological polar surface area (TPSA) is 30.5 Å². The van der Waals surface area contributed by atoms with E-state index in [0.717, 1.165) is 18.8 Å². The Hall–Kier alpha value is -1.22. The Morgan fingerprint density at radius 2 is 2.05 bits per heavy atom. The number of hydrogen-bond donors (Lipinski definition) is 1. The average Bonchev–Trinajstić information content (AvgIpc) is 2.98. The van der Waals surface area contributed by atoms with Crippen molar-refractivity contribution in [3.8, 4) is 5.75 Å². The molecule has 21 heavy (non-hydrogen) atoms. The van der Waals surface area contributed by atoms with Crippen LogP contribution in [-0.4, -0.2) is 25.4 Å². The van der Waals surface area contributed by atoms with E-state index in [1.165, 1.54) is 49.8 Å². The predicted molar refractivity (Wildman–Crippen MR) is 86.2 cm³/mol. The Balaban J connectivity index is 1.62. The quantitative estimate of drug-likeness (QED) is 0.902. The minimum absolute atomic E-state index is 0.223. The molecule has 1 saturated heterocycles. The van der Waals surface area contributed by atoms with Gasteiger partial charge in [-0.25, -0.2) is 0 Å². The Kier molecular flexibility index (Phi) is 4.39. The van der Waals surface area contributed by atoms with E-state index in [9.17, 15) is 0 Å². The van der Waals surface area contributed by atoms with Crippen LogP contribution < -0.4 is 10.1 Å². The summed E-state index contributed by atoms with van der Waals surface area (Å²) in [6.07, 6.45) is 8.36. The number of nitrogens with one attached hydrogen (secondary N) is 1. The summed E-state index contributed by atoms with van der Waals surface area (Å²) in [6.45, 7) is 3.15. The summed E-state index contributed by atoms with van der Waals surface area (Å²) in [5.41, 5.74) is 2.74. The van der Waals surface area contributed by atoms with Crippen LogP contribution in [0.1, 0.15) is 51.0 Å². The normalized spacial score (nSPS) is 28.8. The second-order valence-corrected chi connectivity index (χ2v) is 6.48. The molecule has 3 heteroatoms. The summed E-state index contributed by atoms with van der Waals surface area (Å²) in [5.74, 6) is 0.947. The fourth-order valence-electron chi connectivity index (χ4n) is 3.74.